The molecule has 132 valence electrons. The third kappa shape index (κ3) is 4.28. The van der Waals surface area contributed by atoms with Crippen molar-refractivity contribution in [2.75, 3.05) is 12.4 Å². The van der Waals surface area contributed by atoms with Crippen molar-refractivity contribution in [1.29, 1.82) is 0 Å². The molecule has 0 radical (unpaired) electrons. The van der Waals surface area contributed by atoms with E-state index in [0.29, 0.717) is 11.8 Å². The number of halogens is 3. The van der Waals surface area contributed by atoms with Crippen molar-refractivity contribution in [2.24, 2.45) is 0 Å². The van der Waals surface area contributed by atoms with E-state index >= 15 is 0 Å². The Balaban J connectivity index is 2.05. The van der Waals surface area contributed by atoms with Gasteiger partial charge in [0.2, 0.25) is 0 Å². The van der Waals surface area contributed by atoms with Gasteiger partial charge in [0.25, 0.3) is 5.91 Å². The SMILES string of the molecule is COc1cccc(C(=O)O[C@@H](C)C(=O)Nc2ccc(F)c(F)c2F)c1. The number of benzene rings is 2. The van der Waals surface area contributed by atoms with Gasteiger partial charge in [-0.3, -0.25) is 4.79 Å². The average molecular weight is 353 g/mol. The number of esters is 1. The highest BCUT2D eigenvalue weighted by atomic mass is 19.2. The van der Waals surface area contributed by atoms with Crippen molar-refractivity contribution in [3.05, 3.63) is 59.4 Å². The normalized spacial score (nSPS) is 11.6. The molecule has 2 rings (SSSR count). The van der Waals surface area contributed by atoms with Crippen LogP contribution in [0.2, 0.25) is 0 Å². The van der Waals surface area contributed by atoms with E-state index in [-0.39, 0.29) is 5.56 Å². The maximum atomic E-state index is 13.5. The van der Waals surface area contributed by atoms with Crippen molar-refractivity contribution in [3.8, 4) is 5.75 Å². The molecule has 1 N–H and O–H groups in total. The van der Waals surface area contributed by atoms with E-state index in [1.807, 2.05) is 5.32 Å². The van der Waals surface area contributed by atoms with Crippen molar-refractivity contribution in [3.63, 3.8) is 0 Å². The van der Waals surface area contributed by atoms with Gasteiger partial charge in [-0.15, -0.1) is 0 Å². The molecule has 5 nitrogen and oxygen atoms in total. The number of ether oxygens (including phenoxy) is 2. The molecule has 0 unspecified atom stereocenters. The third-order valence-corrected chi connectivity index (χ3v) is 3.25. The Morgan fingerprint density at radius 1 is 1.08 bits per heavy atom. The molecule has 0 saturated carbocycles. The van der Waals surface area contributed by atoms with Gasteiger partial charge in [0.1, 0.15) is 5.75 Å². The number of methoxy groups -OCH3 is 1. The fraction of sp³-hybridized carbons (Fsp3) is 0.176. The fourth-order valence-corrected chi connectivity index (χ4v) is 1.89. The summed E-state index contributed by atoms with van der Waals surface area (Å²) in [5.74, 6) is -5.91. The lowest BCUT2D eigenvalue weighted by Crippen LogP contribution is -2.30. The smallest absolute Gasteiger partial charge is 0.339 e. The lowest BCUT2D eigenvalue weighted by Gasteiger charge is -2.14. The van der Waals surface area contributed by atoms with E-state index in [1.165, 1.54) is 26.2 Å². The molecule has 0 aliphatic carbocycles. The molecule has 1 atom stereocenters. The number of carbonyl (C=O) groups excluding carboxylic acids is 2. The molecule has 0 spiro atoms. The van der Waals surface area contributed by atoms with Crippen LogP contribution in [0.5, 0.6) is 5.75 Å². The zero-order valence-electron chi connectivity index (χ0n) is 13.3. The van der Waals surface area contributed by atoms with Crippen molar-refractivity contribution < 1.29 is 32.2 Å². The van der Waals surface area contributed by atoms with E-state index in [9.17, 15) is 22.8 Å². The number of hydrogen-bond acceptors (Lipinski definition) is 4. The highest BCUT2D eigenvalue weighted by molar-refractivity contribution is 5.97. The van der Waals surface area contributed by atoms with Crippen molar-refractivity contribution in [1.82, 2.24) is 0 Å². The highest BCUT2D eigenvalue weighted by Crippen LogP contribution is 2.20. The molecular weight excluding hydrogens is 339 g/mol. The molecule has 0 aliphatic heterocycles. The second kappa shape index (κ2) is 7.69. The van der Waals surface area contributed by atoms with Crippen LogP contribution in [-0.4, -0.2) is 25.1 Å². The number of anilines is 1. The van der Waals surface area contributed by atoms with Gasteiger partial charge in [0.15, 0.2) is 23.6 Å². The van der Waals surface area contributed by atoms with Crippen LogP contribution in [0.3, 0.4) is 0 Å². The minimum atomic E-state index is -1.71. The summed E-state index contributed by atoms with van der Waals surface area (Å²) in [5.41, 5.74) is -0.411. The summed E-state index contributed by atoms with van der Waals surface area (Å²) in [6, 6.07) is 7.60. The lowest BCUT2D eigenvalue weighted by molar-refractivity contribution is -0.123. The first kappa shape index (κ1) is 18.3. The molecule has 8 heteroatoms. The van der Waals surface area contributed by atoms with E-state index in [0.717, 1.165) is 6.07 Å². The number of hydrogen-bond donors (Lipinski definition) is 1. The number of nitrogens with one attached hydrogen (secondary N) is 1. The molecule has 2 aromatic rings. The summed E-state index contributed by atoms with van der Waals surface area (Å²) in [4.78, 5) is 24.0. The standard InChI is InChI=1S/C17H14F3NO4/c1-9(25-17(23)10-4-3-5-11(8-10)24-2)16(22)21-13-7-6-12(18)14(19)15(13)20/h3-9H,1-2H3,(H,21,22)/t9-/m0/s1. The molecule has 0 bridgehead atoms. The lowest BCUT2D eigenvalue weighted by atomic mass is 10.2. The molecule has 0 fully saturated rings. The van der Waals surface area contributed by atoms with E-state index in [2.05, 4.69) is 0 Å². The van der Waals surface area contributed by atoms with Crippen LogP contribution in [0.15, 0.2) is 36.4 Å². The Morgan fingerprint density at radius 2 is 1.80 bits per heavy atom. The van der Waals surface area contributed by atoms with Crippen LogP contribution < -0.4 is 10.1 Å². The van der Waals surface area contributed by atoms with Crippen LogP contribution >= 0.6 is 0 Å². The third-order valence-electron chi connectivity index (χ3n) is 3.25. The van der Waals surface area contributed by atoms with E-state index < -0.39 is 41.1 Å². The Bertz CT molecular complexity index is 810. The van der Waals surface area contributed by atoms with Crippen LogP contribution in [-0.2, 0) is 9.53 Å². The van der Waals surface area contributed by atoms with Crippen LogP contribution in [0.4, 0.5) is 18.9 Å². The average Bonchev–Trinajstić information content (AvgIpc) is 2.62. The second-order valence-electron chi connectivity index (χ2n) is 4.99. The van der Waals surface area contributed by atoms with Gasteiger partial charge in [0, 0.05) is 0 Å². The Labute approximate surface area is 141 Å². The van der Waals surface area contributed by atoms with Gasteiger partial charge in [-0.05, 0) is 37.3 Å². The molecule has 0 heterocycles. The van der Waals surface area contributed by atoms with Crippen molar-refractivity contribution in [2.45, 2.75) is 13.0 Å². The van der Waals surface area contributed by atoms with Gasteiger partial charge >= 0.3 is 5.97 Å². The summed E-state index contributed by atoms with van der Waals surface area (Å²) in [6.45, 7) is 1.26. The van der Waals surface area contributed by atoms with Gasteiger partial charge in [-0.25, -0.2) is 18.0 Å². The number of amides is 1. The maximum absolute atomic E-state index is 13.5. The van der Waals surface area contributed by atoms with Gasteiger partial charge in [0.05, 0.1) is 18.4 Å². The summed E-state index contributed by atoms with van der Waals surface area (Å²) >= 11 is 0. The largest absolute Gasteiger partial charge is 0.497 e. The van der Waals surface area contributed by atoms with E-state index in [4.69, 9.17) is 9.47 Å². The first-order valence-corrected chi connectivity index (χ1v) is 7.13. The van der Waals surface area contributed by atoms with E-state index in [1.54, 1.807) is 12.1 Å². The zero-order chi connectivity index (χ0) is 18.6. The number of rotatable bonds is 5. The first-order chi connectivity index (χ1) is 11.8. The van der Waals surface area contributed by atoms with Gasteiger partial charge in [-0.1, -0.05) is 6.07 Å². The second-order valence-corrected chi connectivity index (χ2v) is 4.99. The molecule has 2 aromatic carbocycles. The fourth-order valence-electron chi connectivity index (χ4n) is 1.89. The van der Waals surface area contributed by atoms with Gasteiger partial charge in [-0.2, -0.15) is 0 Å². The number of carbonyl (C=O) groups is 2. The minimum Gasteiger partial charge on any atom is -0.497 e. The molecule has 25 heavy (non-hydrogen) atoms. The topological polar surface area (TPSA) is 64.6 Å². The minimum absolute atomic E-state index is 0.151. The molecule has 0 aliphatic rings. The Hall–Kier alpha value is -3.03. The maximum Gasteiger partial charge on any atom is 0.339 e. The molecular formula is C17H14F3NO4. The van der Waals surface area contributed by atoms with Crippen LogP contribution in [0.25, 0.3) is 0 Å². The molecule has 0 saturated heterocycles. The summed E-state index contributed by atoms with van der Waals surface area (Å²) in [6.07, 6.45) is -1.30. The first-order valence-electron chi connectivity index (χ1n) is 7.13. The monoisotopic (exact) mass is 353 g/mol. The highest BCUT2D eigenvalue weighted by Gasteiger charge is 2.22. The predicted octanol–water partition coefficient (Wildman–Crippen LogP) is 3.30. The quantitative estimate of drug-likeness (QED) is 0.662. The van der Waals surface area contributed by atoms with Crippen LogP contribution in [0.1, 0.15) is 17.3 Å². The summed E-state index contributed by atoms with van der Waals surface area (Å²) < 4.78 is 49.5. The Morgan fingerprint density at radius 3 is 2.48 bits per heavy atom. The summed E-state index contributed by atoms with van der Waals surface area (Å²) in [5, 5.41) is 2.03. The molecule has 1 amide bonds. The van der Waals surface area contributed by atoms with Crippen LogP contribution in [0, 0.1) is 17.5 Å². The zero-order valence-corrected chi connectivity index (χ0v) is 13.3. The Kier molecular flexibility index (Phi) is 5.63. The predicted molar refractivity (Wildman–Crippen MR) is 82.8 cm³/mol. The summed E-state index contributed by atoms with van der Waals surface area (Å²) in [7, 11) is 1.43. The molecule has 0 aromatic heterocycles. The van der Waals surface area contributed by atoms with Gasteiger partial charge < -0.3 is 14.8 Å². The van der Waals surface area contributed by atoms with Crippen molar-refractivity contribution >= 4 is 17.6 Å².